The van der Waals surface area contributed by atoms with E-state index in [1.54, 1.807) is 7.11 Å². The van der Waals surface area contributed by atoms with Gasteiger partial charge in [-0.3, -0.25) is 5.10 Å². The molecule has 0 spiro atoms. The second-order valence-electron chi connectivity index (χ2n) is 4.20. The van der Waals surface area contributed by atoms with Crippen LogP contribution in [-0.2, 0) is 9.47 Å². The summed E-state index contributed by atoms with van der Waals surface area (Å²) in [5.74, 6) is 2.12. The fraction of sp³-hybridized carbons (Fsp3) is 0.818. The van der Waals surface area contributed by atoms with Crippen molar-refractivity contribution in [2.75, 3.05) is 38.8 Å². The summed E-state index contributed by atoms with van der Waals surface area (Å²) in [6, 6.07) is 0. The van der Waals surface area contributed by atoms with Gasteiger partial charge in [0.25, 0.3) is 0 Å². The normalized spacial score (nSPS) is 17.2. The van der Waals surface area contributed by atoms with Gasteiger partial charge in [-0.15, -0.1) is 5.10 Å². The summed E-state index contributed by atoms with van der Waals surface area (Å²) >= 11 is 0. The van der Waals surface area contributed by atoms with E-state index in [-0.39, 0.29) is 0 Å². The summed E-state index contributed by atoms with van der Waals surface area (Å²) < 4.78 is 10.3. The van der Waals surface area contributed by atoms with E-state index in [1.807, 2.05) is 0 Å². The SMILES string of the molecule is COCCCNc1n[nH]c(C2CCOCC2)n1. The third kappa shape index (κ3) is 3.67. The lowest BCUT2D eigenvalue weighted by Gasteiger charge is -2.19. The van der Waals surface area contributed by atoms with Gasteiger partial charge in [0.05, 0.1) is 0 Å². The first-order chi connectivity index (χ1) is 8.40. The minimum atomic E-state index is 0.464. The van der Waals surface area contributed by atoms with Crippen LogP contribution in [0, 0.1) is 0 Å². The highest BCUT2D eigenvalue weighted by Crippen LogP contribution is 2.24. The number of hydrogen-bond acceptors (Lipinski definition) is 5. The van der Waals surface area contributed by atoms with Crippen LogP contribution in [0.5, 0.6) is 0 Å². The molecule has 2 rings (SSSR count). The lowest BCUT2D eigenvalue weighted by Crippen LogP contribution is -2.15. The van der Waals surface area contributed by atoms with Crippen molar-refractivity contribution >= 4 is 5.95 Å². The van der Waals surface area contributed by atoms with Gasteiger partial charge in [0.15, 0.2) is 0 Å². The maximum atomic E-state index is 5.33. The third-order valence-electron chi connectivity index (χ3n) is 2.92. The largest absolute Gasteiger partial charge is 0.385 e. The zero-order valence-corrected chi connectivity index (χ0v) is 10.2. The monoisotopic (exact) mass is 240 g/mol. The predicted octanol–water partition coefficient (Wildman–Crippen LogP) is 1.15. The molecule has 2 heterocycles. The number of aromatic amines is 1. The van der Waals surface area contributed by atoms with Gasteiger partial charge in [-0.2, -0.15) is 4.98 Å². The lowest BCUT2D eigenvalue weighted by molar-refractivity contribution is 0.0836. The van der Waals surface area contributed by atoms with Crippen molar-refractivity contribution in [3.8, 4) is 0 Å². The molecule has 17 heavy (non-hydrogen) atoms. The van der Waals surface area contributed by atoms with Crippen LogP contribution in [0.4, 0.5) is 5.95 Å². The maximum Gasteiger partial charge on any atom is 0.242 e. The molecule has 1 aromatic heterocycles. The second kappa shape index (κ2) is 6.56. The van der Waals surface area contributed by atoms with E-state index in [9.17, 15) is 0 Å². The molecule has 96 valence electrons. The Morgan fingerprint density at radius 1 is 1.47 bits per heavy atom. The molecular weight excluding hydrogens is 220 g/mol. The molecule has 0 saturated carbocycles. The number of methoxy groups -OCH3 is 1. The van der Waals surface area contributed by atoms with E-state index in [4.69, 9.17) is 9.47 Å². The van der Waals surface area contributed by atoms with Crippen LogP contribution < -0.4 is 5.32 Å². The predicted molar refractivity (Wildman–Crippen MR) is 64.2 cm³/mol. The Hall–Kier alpha value is -1.14. The summed E-state index contributed by atoms with van der Waals surface area (Å²) in [5, 5.41) is 10.3. The van der Waals surface area contributed by atoms with Gasteiger partial charge in [-0.05, 0) is 19.3 Å². The highest BCUT2D eigenvalue weighted by molar-refractivity contribution is 5.23. The van der Waals surface area contributed by atoms with Gasteiger partial charge >= 0.3 is 0 Å². The van der Waals surface area contributed by atoms with E-state index in [0.29, 0.717) is 11.9 Å². The summed E-state index contributed by atoms with van der Waals surface area (Å²) in [6.45, 7) is 3.23. The van der Waals surface area contributed by atoms with Crippen LogP contribution in [0.3, 0.4) is 0 Å². The Morgan fingerprint density at radius 3 is 3.06 bits per heavy atom. The fourth-order valence-corrected chi connectivity index (χ4v) is 1.92. The van der Waals surface area contributed by atoms with Crippen LogP contribution in [-0.4, -0.2) is 48.7 Å². The first kappa shape index (κ1) is 12.3. The Kier molecular flexibility index (Phi) is 4.75. The number of aromatic nitrogens is 3. The molecule has 0 unspecified atom stereocenters. The molecule has 0 aromatic carbocycles. The van der Waals surface area contributed by atoms with Gasteiger partial charge in [0, 0.05) is 39.4 Å². The summed E-state index contributed by atoms with van der Waals surface area (Å²) in [4.78, 5) is 4.46. The van der Waals surface area contributed by atoms with Crippen LogP contribution >= 0.6 is 0 Å². The van der Waals surface area contributed by atoms with E-state index in [0.717, 1.165) is 51.5 Å². The standard InChI is InChI=1S/C11H20N4O2/c1-16-6-2-5-12-11-13-10(14-15-11)9-3-7-17-8-4-9/h9H,2-8H2,1H3,(H2,12,13,14,15). The van der Waals surface area contributed by atoms with E-state index >= 15 is 0 Å². The average Bonchev–Trinajstić information content (AvgIpc) is 2.85. The maximum absolute atomic E-state index is 5.33. The number of anilines is 1. The first-order valence-electron chi connectivity index (χ1n) is 6.13. The van der Waals surface area contributed by atoms with Crippen LogP contribution in [0.1, 0.15) is 31.0 Å². The van der Waals surface area contributed by atoms with Gasteiger partial charge in [-0.1, -0.05) is 0 Å². The Morgan fingerprint density at radius 2 is 2.29 bits per heavy atom. The zero-order valence-electron chi connectivity index (χ0n) is 10.2. The van der Waals surface area contributed by atoms with Crippen molar-refractivity contribution in [3.05, 3.63) is 5.82 Å². The summed E-state index contributed by atoms with van der Waals surface area (Å²) in [5.41, 5.74) is 0. The van der Waals surface area contributed by atoms with E-state index in [2.05, 4.69) is 20.5 Å². The smallest absolute Gasteiger partial charge is 0.242 e. The van der Waals surface area contributed by atoms with Gasteiger partial charge in [0.1, 0.15) is 5.82 Å². The van der Waals surface area contributed by atoms with Crippen molar-refractivity contribution in [2.45, 2.75) is 25.2 Å². The molecule has 6 nitrogen and oxygen atoms in total. The molecule has 0 radical (unpaired) electrons. The van der Waals surface area contributed by atoms with E-state index in [1.165, 1.54) is 0 Å². The molecule has 1 aromatic rings. The molecule has 0 bridgehead atoms. The first-order valence-corrected chi connectivity index (χ1v) is 6.13. The molecule has 0 aliphatic carbocycles. The van der Waals surface area contributed by atoms with Crippen LogP contribution in [0.15, 0.2) is 0 Å². The summed E-state index contributed by atoms with van der Waals surface area (Å²) in [7, 11) is 1.70. The zero-order chi connectivity index (χ0) is 11.9. The van der Waals surface area contributed by atoms with Gasteiger partial charge < -0.3 is 14.8 Å². The van der Waals surface area contributed by atoms with Crippen molar-refractivity contribution in [1.29, 1.82) is 0 Å². The van der Waals surface area contributed by atoms with Crippen LogP contribution in [0.25, 0.3) is 0 Å². The summed E-state index contributed by atoms with van der Waals surface area (Å²) in [6.07, 6.45) is 3.01. The van der Waals surface area contributed by atoms with Crippen molar-refractivity contribution in [1.82, 2.24) is 15.2 Å². The van der Waals surface area contributed by atoms with Crippen LogP contribution in [0.2, 0.25) is 0 Å². The van der Waals surface area contributed by atoms with Gasteiger partial charge in [-0.25, -0.2) is 0 Å². The number of H-pyrrole nitrogens is 1. The van der Waals surface area contributed by atoms with Crippen molar-refractivity contribution < 1.29 is 9.47 Å². The second-order valence-corrected chi connectivity index (χ2v) is 4.20. The quantitative estimate of drug-likeness (QED) is 0.730. The average molecular weight is 240 g/mol. The third-order valence-corrected chi connectivity index (χ3v) is 2.92. The molecule has 0 amide bonds. The number of ether oxygens (including phenoxy) is 2. The molecule has 1 aliphatic rings. The number of hydrogen-bond donors (Lipinski definition) is 2. The van der Waals surface area contributed by atoms with Gasteiger partial charge in [0.2, 0.25) is 5.95 Å². The highest BCUT2D eigenvalue weighted by atomic mass is 16.5. The Labute approximate surface area is 101 Å². The minimum absolute atomic E-state index is 0.464. The highest BCUT2D eigenvalue weighted by Gasteiger charge is 2.19. The molecule has 1 saturated heterocycles. The van der Waals surface area contributed by atoms with Crippen molar-refractivity contribution in [3.63, 3.8) is 0 Å². The molecule has 6 heteroatoms. The molecule has 2 N–H and O–H groups in total. The number of nitrogens with one attached hydrogen (secondary N) is 2. The number of rotatable bonds is 6. The molecule has 0 atom stereocenters. The Balaban J connectivity index is 1.78. The topological polar surface area (TPSA) is 72.1 Å². The number of nitrogens with zero attached hydrogens (tertiary/aromatic N) is 2. The van der Waals surface area contributed by atoms with Crippen molar-refractivity contribution in [2.24, 2.45) is 0 Å². The minimum Gasteiger partial charge on any atom is -0.385 e. The molecule has 1 fully saturated rings. The van der Waals surface area contributed by atoms with E-state index < -0.39 is 0 Å². The Bertz CT molecular complexity index is 323. The molecule has 1 aliphatic heterocycles. The molecular formula is C11H20N4O2. The lowest BCUT2D eigenvalue weighted by atomic mass is 10.00. The fourth-order valence-electron chi connectivity index (χ4n) is 1.92.